The molecular formula is C6H11FO5. The second-order valence-electron chi connectivity index (χ2n) is 2.33. The molecule has 0 aromatic heterocycles. The van der Waals surface area contributed by atoms with Crippen molar-refractivity contribution in [2.45, 2.75) is 24.4 Å². The van der Waals surface area contributed by atoms with Gasteiger partial charge in [0.2, 0.25) is 0 Å². The molecule has 0 unspecified atom stereocenters. The fourth-order valence-corrected chi connectivity index (χ4v) is 0.601. The second-order valence-corrected chi connectivity index (χ2v) is 2.33. The SMILES string of the molecule is O=C[C@H](O)[C@H](O)[C@H](O)[C@H](O)CF. The molecule has 72 valence electrons. The van der Waals surface area contributed by atoms with E-state index in [1.54, 1.807) is 0 Å². The Morgan fingerprint density at radius 3 is 2.00 bits per heavy atom. The number of aliphatic hydroxyl groups excluding tert-OH is 4. The maximum atomic E-state index is 11.7. The average molecular weight is 182 g/mol. The van der Waals surface area contributed by atoms with Gasteiger partial charge in [0, 0.05) is 0 Å². The predicted octanol–water partition coefficient (Wildman–Crippen LogP) is -2.40. The van der Waals surface area contributed by atoms with Crippen LogP contribution < -0.4 is 0 Å². The monoisotopic (exact) mass is 182 g/mol. The number of halogens is 1. The molecule has 0 radical (unpaired) electrons. The fraction of sp³-hybridized carbons (Fsp3) is 0.833. The number of aldehydes is 1. The van der Waals surface area contributed by atoms with E-state index >= 15 is 0 Å². The highest BCUT2D eigenvalue weighted by Gasteiger charge is 2.29. The van der Waals surface area contributed by atoms with Crippen LogP contribution in [0.15, 0.2) is 0 Å². The summed E-state index contributed by atoms with van der Waals surface area (Å²) in [6, 6.07) is 0. The smallest absolute Gasteiger partial charge is 0.151 e. The Labute approximate surface area is 68.1 Å². The molecule has 0 fully saturated rings. The van der Waals surface area contributed by atoms with Crippen LogP contribution in [-0.4, -0.2) is 57.8 Å². The fourth-order valence-electron chi connectivity index (χ4n) is 0.601. The second kappa shape index (κ2) is 5.15. The Morgan fingerprint density at radius 1 is 1.17 bits per heavy atom. The van der Waals surface area contributed by atoms with Gasteiger partial charge in [-0.1, -0.05) is 0 Å². The van der Waals surface area contributed by atoms with Crippen LogP contribution in [0.3, 0.4) is 0 Å². The van der Waals surface area contributed by atoms with Gasteiger partial charge in [-0.2, -0.15) is 0 Å². The summed E-state index contributed by atoms with van der Waals surface area (Å²) in [4.78, 5) is 9.87. The van der Waals surface area contributed by atoms with Crippen LogP contribution in [0.5, 0.6) is 0 Å². The van der Waals surface area contributed by atoms with Crippen LogP contribution >= 0.6 is 0 Å². The van der Waals surface area contributed by atoms with Crippen LogP contribution in [0.2, 0.25) is 0 Å². The summed E-state index contributed by atoms with van der Waals surface area (Å²) in [5.74, 6) is 0. The van der Waals surface area contributed by atoms with Gasteiger partial charge in [-0.3, -0.25) is 0 Å². The van der Waals surface area contributed by atoms with E-state index in [0.717, 1.165) is 0 Å². The summed E-state index contributed by atoms with van der Waals surface area (Å²) in [5, 5.41) is 34.9. The standard InChI is InChI=1S/C6H11FO5/c7-1-3(9)5(11)6(12)4(10)2-8/h2-6,9-12H,1H2/t3-,4+,5-,6+/m1/s1. The molecule has 0 spiro atoms. The summed E-state index contributed by atoms with van der Waals surface area (Å²) >= 11 is 0. The van der Waals surface area contributed by atoms with Crippen molar-refractivity contribution in [3.63, 3.8) is 0 Å². The Balaban J connectivity index is 4.07. The minimum Gasteiger partial charge on any atom is -0.388 e. The molecule has 0 aliphatic rings. The molecule has 6 heteroatoms. The Bertz CT molecular complexity index is 142. The summed E-state index contributed by atoms with van der Waals surface area (Å²) in [5.41, 5.74) is 0. The molecule has 0 heterocycles. The normalized spacial score (nSPS) is 21.1. The minimum absolute atomic E-state index is 0.0150. The van der Waals surface area contributed by atoms with Crippen LogP contribution in [0.1, 0.15) is 0 Å². The Hall–Kier alpha value is -0.560. The molecule has 5 nitrogen and oxygen atoms in total. The zero-order valence-corrected chi connectivity index (χ0v) is 6.17. The third-order valence-corrected chi connectivity index (χ3v) is 1.39. The lowest BCUT2D eigenvalue weighted by Crippen LogP contribution is -2.45. The molecule has 0 bridgehead atoms. The van der Waals surface area contributed by atoms with Gasteiger partial charge in [-0.05, 0) is 0 Å². The van der Waals surface area contributed by atoms with Crippen LogP contribution in [0.25, 0.3) is 0 Å². The van der Waals surface area contributed by atoms with Gasteiger partial charge in [0.15, 0.2) is 6.29 Å². The van der Waals surface area contributed by atoms with E-state index in [2.05, 4.69) is 0 Å². The number of hydrogen-bond donors (Lipinski definition) is 4. The lowest BCUT2D eigenvalue weighted by molar-refractivity contribution is -0.134. The first-order valence-electron chi connectivity index (χ1n) is 3.28. The van der Waals surface area contributed by atoms with Gasteiger partial charge in [0.1, 0.15) is 31.1 Å². The molecule has 0 aliphatic heterocycles. The van der Waals surface area contributed by atoms with Gasteiger partial charge in [-0.15, -0.1) is 0 Å². The Kier molecular flexibility index (Phi) is 4.91. The molecule has 4 N–H and O–H groups in total. The van der Waals surface area contributed by atoms with Crippen molar-refractivity contribution in [3.8, 4) is 0 Å². The summed E-state index contributed by atoms with van der Waals surface area (Å²) in [6.45, 7) is -1.26. The third-order valence-electron chi connectivity index (χ3n) is 1.39. The first-order chi connectivity index (χ1) is 5.54. The van der Waals surface area contributed by atoms with Crippen molar-refractivity contribution in [2.75, 3.05) is 6.67 Å². The van der Waals surface area contributed by atoms with Gasteiger partial charge in [0.25, 0.3) is 0 Å². The highest BCUT2D eigenvalue weighted by molar-refractivity contribution is 5.56. The van der Waals surface area contributed by atoms with E-state index in [1.807, 2.05) is 0 Å². The molecule has 0 saturated carbocycles. The first-order valence-corrected chi connectivity index (χ1v) is 3.28. The van der Waals surface area contributed by atoms with Crippen molar-refractivity contribution in [1.82, 2.24) is 0 Å². The van der Waals surface area contributed by atoms with Crippen LogP contribution in [0, 0.1) is 0 Å². The molecule has 0 aromatic carbocycles. The molecule has 0 saturated heterocycles. The number of rotatable bonds is 5. The highest BCUT2D eigenvalue weighted by atomic mass is 19.1. The topological polar surface area (TPSA) is 98.0 Å². The zero-order chi connectivity index (χ0) is 9.72. The summed E-state index contributed by atoms with van der Waals surface area (Å²) in [7, 11) is 0. The minimum atomic E-state index is -1.87. The van der Waals surface area contributed by atoms with Gasteiger partial charge in [-0.25, -0.2) is 4.39 Å². The van der Waals surface area contributed by atoms with Crippen molar-refractivity contribution in [1.29, 1.82) is 0 Å². The highest BCUT2D eigenvalue weighted by Crippen LogP contribution is 2.04. The maximum absolute atomic E-state index is 11.7. The van der Waals surface area contributed by atoms with E-state index in [4.69, 9.17) is 20.4 Å². The number of aliphatic hydroxyl groups is 4. The van der Waals surface area contributed by atoms with E-state index in [0.29, 0.717) is 0 Å². The van der Waals surface area contributed by atoms with Crippen molar-refractivity contribution in [2.24, 2.45) is 0 Å². The maximum Gasteiger partial charge on any atom is 0.151 e. The van der Waals surface area contributed by atoms with E-state index in [1.165, 1.54) is 0 Å². The van der Waals surface area contributed by atoms with Crippen LogP contribution in [0.4, 0.5) is 4.39 Å². The molecule has 0 amide bonds. The lowest BCUT2D eigenvalue weighted by Gasteiger charge is -2.21. The largest absolute Gasteiger partial charge is 0.388 e. The van der Waals surface area contributed by atoms with Crippen molar-refractivity contribution >= 4 is 6.29 Å². The summed E-state index contributed by atoms with van der Waals surface area (Å²) in [6.07, 6.45) is -7.36. The molecular weight excluding hydrogens is 171 g/mol. The van der Waals surface area contributed by atoms with Gasteiger partial charge < -0.3 is 25.2 Å². The van der Waals surface area contributed by atoms with E-state index in [-0.39, 0.29) is 6.29 Å². The molecule has 12 heavy (non-hydrogen) atoms. The molecule has 0 rings (SSSR count). The zero-order valence-electron chi connectivity index (χ0n) is 6.17. The van der Waals surface area contributed by atoms with Gasteiger partial charge >= 0.3 is 0 Å². The first kappa shape index (κ1) is 11.4. The van der Waals surface area contributed by atoms with Crippen LogP contribution in [-0.2, 0) is 4.79 Å². The number of carbonyl (C=O) groups is 1. The molecule has 0 aliphatic carbocycles. The summed E-state index contributed by atoms with van der Waals surface area (Å²) < 4.78 is 11.7. The van der Waals surface area contributed by atoms with Gasteiger partial charge in [0.05, 0.1) is 0 Å². The Morgan fingerprint density at radius 2 is 1.67 bits per heavy atom. The predicted molar refractivity (Wildman–Crippen MR) is 36.1 cm³/mol. The van der Waals surface area contributed by atoms with E-state index in [9.17, 15) is 9.18 Å². The number of hydrogen-bond acceptors (Lipinski definition) is 5. The molecule has 4 atom stereocenters. The third kappa shape index (κ3) is 2.82. The molecule has 0 aromatic rings. The number of alkyl halides is 1. The quantitative estimate of drug-likeness (QED) is 0.355. The average Bonchev–Trinajstić information content (AvgIpc) is 2.12. The number of carbonyl (C=O) groups excluding carboxylic acids is 1. The van der Waals surface area contributed by atoms with Crippen molar-refractivity contribution < 1.29 is 29.6 Å². The van der Waals surface area contributed by atoms with E-state index < -0.39 is 31.1 Å². The van der Waals surface area contributed by atoms with Crippen molar-refractivity contribution in [3.05, 3.63) is 0 Å². The lowest BCUT2D eigenvalue weighted by atomic mass is 10.0.